The molecule has 0 radical (unpaired) electrons. The van der Waals surface area contributed by atoms with Crippen molar-refractivity contribution >= 4 is 28.3 Å². The number of hydrogen-bond donors (Lipinski definition) is 2. The molecular formula is C10H12BrClF3NO. The van der Waals surface area contributed by atoms with Gasteiger partial charge in [0.1, 0.15) is 0 Å². The largest absolute Gasteiger partial charge is 0.416 e. The standard InChI is InChI=1S/C10H11BrF3NO.ClH/c1-5-2-3-6(7(11)4-5)8(15)9(16)10(12,13)14;/h2-4,8-9,16H,15H2,1H3;1H/t8-,9-;/m0./s1. The van der Waals surface area contributed by atoms with Gasteiger partial charge in [-0.2, -0.15) is 13.2 Å². The van der Waals surface area contributed by atoms with E-state index in [0.29, 0.717) is 4.47 Å². The summed E-state index contributed by atoms with van der Waals surface area (Å²) in [6, 6.07) is 3.27. The number of benzene rings is 1. The third kappa shape index (κ3) is 4.13. The second kappa shape index (κ2) is 6.04. The van der Waals surface area contributed by atoms with E-state index >= 15 is 0 Å². The van der Waals surface area contributed by atoms with Crippen LogP contribution in [0.1, 0.15) is 17.2 Å². The van der Waals surface area contributed by atoms with Gasteiger partial charge < -0.3 is 10.8 Å². The van der Waals surface area contributed by atoms with Gasteiger partial charge in [-0.3, -0.25) is 0 Å². The van der Waals surface area contributed by atoms with Gasteiger partial charge in [-0.15, -0.1) is 12.4 Å². The summed E-state index contributed by atoms with van der Waals surface area (Å²) >= 11 is 3.12. The molecule has 0 amide bonds. The highest BCUT2D eigenvalue weighted by atomic mass is 79.9. The van der Waals surface area contributed by atoms with Crippen LogP contribution in [0.25, 0.3) is 0 Å². The van der Waals surface area contributed by atoms with Gasteiger partial charge >= 0.3 is 6.18 Å². The second-order valence-corrected chi connectivity index (χ2v) is 4.39. The zero-order valence-electron chi connectivity index (χ0n) is 8.83. The molecule has 1 aromatic rings. The summed E-state index contributed by atoms with van der Waals surface area (Å²) in [6.45, 7) is 1.81. The van der Waals surface area contributed by atoms with E-state index in [4.69, 9.17) is 10.8 Å². The van der Waals surface area contributed by atoms with Crippen molar-refractivity contribution in [2.24, 2.45) is 5.73 Å². The first-order valence-electron chi connectivity index (χ1n) is 4.50. The quantitative estimate of drug-likeness (QED) is 0.873. The minimum Gasteiger partial charge on any atom is -0.382 e. The third-order valence-electron chi connectivity index (χ3n) is 2.19. The Morgan fingerprint density at radius 3 is 2.29 bits per heavy atom. The van der Waals surface area contributed by atoms with Gasteiger partial charge in [0, 0.05) is 4.47 Å². The Morgan fingerprint density at radius 2 is 1.88 bits per heavy atom. The van der Waals surface area contributed by atoms with Gasteiger partial charge in [0.2, 0.25) is 0 Å². The molecule has 0 saturated heterocycles. The lowest BCUT2D eigenvalue weighted by molar-refractivity contribution is -0.210. The Kier molecular flexibility index (Phi) is 5.93. The summed E-state index contributed by atoms with van der Waals surface area (Å²) < 4.78 is 37.2. The number of rotatable bonds is 2. The topological polar surface area (TPSA) is 46.2 Å². The predicted molar refractivity (Wildman–Crippen MR) is 65.1 cm³/mol. The Hall–Kier alpha value is -0.300. The van der Waals surface area contributed by atoms with Crippen LogP contribution in [0.2, 0.25) is 0 Å². The fourth-order valence-electron chi connectivity index (χ4n) is 1.28. The molecular weight excluding hydrogens is 322 g/mol. The minimum absolute atomic E-state index is 0. The van der Waals surface area contributed by atoms with E-state index in [1.54, 1.807) is 19.1 Å². The monoisotopic (exact) mass is 333 g/mol. The summed E-state index contributed by atoms with van der Waals surface area (Å²) in [5, 5.41) is 9.03. The van der Waals surface area contributed by atoms with Gasteiger partial charge in [0.15, 0.2) is 6.10 Å². The van der Waals surface area contributed by atoms with Gasteiger partial charge in [-0.1, -0.05) is 28.1 Å². The van der Waals surface area contributed by atoms with Gasteiger partial charge in [0.05, 0.1) is 6.04 Å². The van der Waals surface area contributed by atoms with Crippen molar-refractivity contribution in [3.05, 3.63) is 33.8 Å². The number of hydrogen-bond acceptors (Lipinski definition) is 2. The van der Waals surface area contributed by atoms with Gasteiger partial charge in [0.25, 0.3) is 0 Å². The molecule has 1 aromatic carbocycles. The SMILES string of the molecule is Cc1ccc([C@H](N)[C@H](O)C(F)(F)F)c(Br)c1.Cl. The van der Waals surface area contributed by atoms with Crippen molar-refractivity contribution in [3.8, 4) is 0 Å². The molecule has 0 aliphatic heterocycles. The first kappa shape index (κ1) is 16.7. The maximum Gasteiger partial charge on any atom is 0.416 e. The summed E-state index contributed by atoms with van der Waals surface area (Å²) in [5.74, 6) is 0. The van der Waals surface area contributed by atoms with Crippen LogP contribution in [0, 0.1) is 6.92 Å². The first-order valence-corrected chi connectivity index (χ1v) is 5.29. The van der Waals surface area contributed by atoms with E-state index < -0.39 is 18.3 Å². The highest BCUT2D eigenvalue weighted by Crippen LogP contribution is 2.32. The molecule has 98 valence electrons. The van der Waals surface area contributed by atoms with Crippen LogP contribution in [-0.4, -0.2) is 17.4 Å². The average Bonchev–Trinajstić information content (AvgIpc) is 2.14. The number of nitrogens with two attached hydrogens (primary N) is 1. The van der Waals surface area contributed by atoms with Crippen molar-refractivity contribution in [2.75, 3.05) is 0 Å². The highest BCUT2D eigenvalue weighted by Gasteiger charge is 2.43. The minimum atomic E-state index is -4.72. The Morgan fingerprint density at radius 1 is 1.35 bits per heavy atom. The maximum atomic E-state index is 12.3. The number of aliphatic hydroxyl groups is 1. The van der Waals surface area contributed by atoms with Crippen molar-refractivity contribution < 1.29 is 18.3 Å². The summed E-state index contributed by atoms with van der Waals surface area (Å²) in [6.07, 6.45) is -7.28. The fraction of sp³-hybridized carbons (Fsp3) is 0.400. The molecule has 0 fully saturated rings. The Bertz CT molecular complexity index is 386. The number of alkyl halides is 3. The molecule has 0 spiro atoms. The van der Waals surface area contributed by atoms with Crippen LogP contribution < -0.4 is 5.73 Å². The lowest BCUT2D eigenvalue weighted by Gasteiger charge is -2.22. The van der Waals surface area contributed by atoms with Crippen molar-refractivity contribution in [1.29, 1.82) is 0 Å². The van der Waals surface area contributed by atoms with E-state index in [2.05, 4.69) is 15.9 Å². The van der Waals surface area contributed by atoms with E-state index in [-0.39, 0.29) is 18.0 Å². The van der Waals surface area contributed by atoms with Crippen molar-refractivity contribution in [2.45, 2.75) is 25.2 Å². The van der Waals surface area contributed by atoms with Crippen LogP contribution in [0.4, 0.5) is 13.2 Å². The molecule has 2 nitrogen and oxygen atoms in total. The molecule has 3 N–H and O–H groups in total. The zero-order chi connectivity index (χ0) is 12.5. The molecule has 0 heterocycles. The van der Waals surface area contributed by atoms with Crippen LogP contribution in [0.15, 0.2) is 22.7 Å². The summed E-state index contributed by atoms with van der Waals surface area (Å²) in [7, 11) is 0. The predicted octanol–water partition coefficient (Wildman–Crippen LogP) is 3.10. The van der Waals surface area contributed by atoms with Gasteiger partial charge in [-0.25, -0.2) is 0 Å². The van der Waals surface area contributed by atoms with Crippen molar-refractivity contribution in [3.63, 3.8) is 0 Å². The first-order chi connectivity index (χ1) is 7.23. The van der Waals surface area contributed by atoms with Crippen LogP contribution in [-0.2, 0) is 0 Å². The van der Waals surface area contributed by atoms with Crippen LogP contribution >= 0.6 is 28.3 Å². The fourth-order valence-corrected chi connectivity index (χ4v) is 2.03. The molecule has 1 rings (SSSR count). The van der Waals surface area contributed by atoms with Crippen LogP contribution in [0.3, 0.4) is 0 Å². The van der Waals surface area contributed by atoms with Gasteiger partial charge in [-0.05, 0) is 24.1 Å². The summed E-state index contributed by atoms with van der Waals surface area (Å²) in [4.78, 5) is 0. The molecule has 0 bridgehead atoms. The molecule has 17 heavy (non-hydrogen) atoms. The van der Waals surface area contributed by atoms with Crippen molar-refractivity contribution in [1.82, 2.24) is 0 Å². The molecule has 0 unspecified atom stereocenters. The average molecular weight is 335 g/mol. The second-order valence-electron chi connectivity index (χ2n) is 3.54. The van der Waals surface area contributed by atoms with E-state index in [0.717, 1.165) is 5.56 Å². The smallest absolute Gasteiger partial charge is 0.382 e. The maximum absolute atomic E-state index is 12.3. The van der Waals surface area contributed by atoms with E-state index in [1.807, 2.05) is 0 Å². The van der Waals surface area contributed by atoms with Crippen LogP contribution in [0.5, 0.6) is 0 Å². The molecule has 0 saturated carbocycles. The Balaban J connectivity index is 0.00000256. The van der Waals surface area contributed by atoms with E-state index in [1.165, 1.54) is 6.07 Å². The normalized spacial score (nSPS) is 15.0. The number of aryl methyl sites for hydroxylation is 1. The third-order valence-corrected chi connectivity index (χ3v) is 2.88. The van der Waals surface area contributed by atoms with E-state index in [9.17, 15) is 13.2 Å². The molecule has 0 aromatic heterocycles. The lowest BCUT2D eigenvalue weighted by atomic mass is 10.0. The lowest BCUT2D eigenvalue weighted by Crippen LogP contribution is -2.39. The Labute approximate surface area is 112 Å². The zero-order valence-corrected chi connectivity index (χ0v) is 11.2. The molecule has 7 heteroatoms. The molecule has 0 aliphatic carbocycles. The molecule has 2 atom stereocenters. The number of halogens is 5. The number of aliphatic hydroxyl groups excluding tert-OH is 1. The highest BCUT2D eigenvalue weighted by molar-refractivity contribution is 9.10. The summed E-state index contributed by atoms with van der Waals surface area (Å²) in [5.41, 5.74) is 6.50. The molecule has 0 aliphatic rings.